The molecule has 1 aliphatic rings. The number of aromatic nitrogens is 1. The van der Waals surface area contributed by atoms with Gasteiger partial charge in [-0.25, -0.2) is 9.78 Å². The van der Waals surface area contributed by atoms with Gasteiger partial charge in [0.25, 0.3) is 0 Å². The third-order valence-corrected chi connectivity index (χ3v) is 4.42. The van der Waals surface area contributed by atoms with Crippen molar-refractivity contribution in [1.82, 2.24) is 4.98 Å². The zero-order valence-electron chi connectivity index (χ0n) is 14.7. The van der Waals surface area contributed by atoms with E-state index in [-0.39, 0.29) is 5.97 Å². The van der Waals surface area contributed by atoms with Crippen molar-refractivity contribution in [1.29, 1.82) is 0 Å². The van der Waals surface area contributed by atoms with Crippen molar-refractivity contribution in [2.75, 3.05) is 29.9 Å². The number of para-hydroxylation sites is 1. The fraction of sp³-hybridized carbons (Fsp3) is 0.400. The summed E-state index contributed by atoms with van der Waals surface area (Å²) in [6.07, 6.45) is 5.40. The fourth-order valence-electron chi connectivity index (χ4n) is 3.12. The Hall–Kier alpha value is -2.56. The number of nitrogens with one attached hydrogen (secondary N) is 1. The van der Waals surface area contributed by atoms with Crippen molar-refractivity contribution in [3.8, 4) is 0 Å². The molecule has 1 aromatic heterocycles. The Kier molecular flexibility index (Phi) is 5.88. The molecule has 132 valence electrons. The molecule has 0 saturated carbocycles. The molecule has 1 saturated heterocycles. The van der Waals surface area contributed by atoms with Gasteiger partial charge in [0.05, 0.1) is 12.2 Å². The number of esters is 1. The van der Waals surface area contributed by atoms with Crippen LogP contribution >= 0.6 is 0 Å². The highest BCUT2D eigenvalue weighted by atomic mass is 16.5. The van der Waals surface area contributed by atoms with Gasteiger partial charge in [-0.3, -0.25) is 0 Å². The highest BCUT2D eigenvalue weighted by Gasteiger charge is 2.14. The van der Waals surface area contributed by atoms with Crippen LogP contribution in [0.15, 0.2) is 42.6 Å². The molecule has 1 aliphatic heterocycles. The van der Waals surface area contributed by atoms with E-state index in [4.69, 9.17) is 4.74 Å². The van der Waals surface area contributed by atoms with E-state index in [1.165, 1.54) is 30.5 Å². The minimum atomic E-state index is -0.336. The monoisotopic (exact) mass is 339 g/mol. The largest absolute Gasteiger partial charge is 0.462 e. The number of anilines is 2. The molecule has 1 fully saturated rings. The Morgan fingerprint density at radius 3 is 2.68 bits per heavy atom. The Morgan fingerprint density at radius 1 is 1.16 bits per heavy atom. The van der Waals surface area contributed by atoms with E-state index >= 15 is 0 Å². The first-order valence-electron chi connectivity index (χ1n) is 8.98. The number of ether oxygens (including phenoxy) is 1. The van der Waals surface area contributed by atoms with Crippen molar-refractivity contribution in [2.24, 2.45) is 0 Å². The summed E-state index contributed by atoms with van der Waals surface area (Å²) in [5.41, 5.74) is 3.04. The molecule has 25 heavy (non-hydrogen) atoms. The minimum absolute atomic E-state index is 0.336. The Balaban J connectivity index is 1.64. The van der Waals surface area contributed by atoms with Crippen molar-refractivity contribution in [2.45, 2.75) is 32.7 Å². The fourth-order valence-corrected chi connectivity index (χ4v) is 3.12. The maximum atomic E-state index is 11.7. The van der Waals surface area contributed by atoms with Crippen molar-refractivity contribution in [3.05, 3.63) is 53.7 Å². The number of piperidine rings is 1. The summed E-state index contributed by atoms with van der Waals surface area (Å²) in [6.45, 7) is 5.12. The summed E-state index contributed by atoms with van der Waals surface area (Å²) in [5, 5.41) is 3.35. The molecular weight excluding hydrogens is 314 g/mol. The average Bonchev–Trinajstić information content (AvgIpc) is 2.68. The minimum Gasteiger partial charge on any atom is -0.462 e. The van der Waals surface area contributed by atoms with E-state index in [2.05, 4.69) is 39.5 Å². The van der Waals surface area contributed by atoms with Crippen LogP contribution in [-0.2, 0) is 11.3 Å². The maximum Gasteiger partial charge on any atom is 0.339 e. The van der Waals surface area contributed by atoms with Crippen LogP contribution in [0.4, 0.5) is 11.5 Å². The Morgan fingerprint density at radius 2 is 1.96 bits per heavy atom. The van der Waals surface area contributed by atoms with E-state index in [1.54, 1.807) is 19.2 Å². The van der Waals surface area contributed by atoms with Crippen LogP contribution in [-0.4, -0.2) is 30.6 Å². The molecule has 0 atom stereocenters. The molecule has 2 heterocycles. The molecule has 0 radical (unpaired) electrons. The first-order chi connectivity index (χ1) is 12.3. The van der Waals surface area contributed by atoms with Gasteiger partial charge < -0.3 is 15.0 Å². The van der Waals surface area contributed by atoms with Crippen molar-refractivity contribution in [3.63, 3.8) is 0 Å². The van der Waals surface area contributed by atoms with Gasteiger partial charge in [0.2, 0.25) is 0 Å². The predicted molar refractivity (Wildman–Crippen MR) is 100 cm³/mol. The van der Waals surface area contributed by atoms with Crippen molar-refractivity contribution < 1.29 is 9.53 Å². The molecule has 0 bridgehead atoms. The second kappa shape index (κ2) is 8.51. The average molecular weight is 339 g/mol. The quantitative estimate of drug-likeness (QED) is 0.810. The second-order valence-electron chi connectivity index (χ2n) is 6.18. The Labute approximate surface area is 149 Å². The highest BCUT2D eigenvalue weighted by Crippen LogP contribution is 2.24. The van der Waals surface area contributed by atoms with E-state index in [9.17, 15) is 4.79 Å². The summed E-state index contributed by atoms with van der Waals surface area (Å²) >= 11 is 0. The van der Waals surface area contributed by atoms with Crippen LogP contribution in [0, 0.1) is 0 Å². The van der Waals surface area contributed by atoms with E-state index in [0.717, 1.165) is 18.9 Å². The van der Waals surface area contributed by atoms with Gasteiger partial charge in [-0.2, -0.15) is 0 Å². The third kappa shape index (κ3) is 4.50. The van der Waals surface area contributed by atoms with Crippen LogP contribution in [0.1, 0.15) is 42.1 Å². The lowest BCUT2D eigenvalue weighted by molar-refractivity contribution is 0.0526. The Bertz CT molecular complexity index is 694. The number of hydrogen-bond acceptors (Lipinski definition) is 5. The predicted octanol–water partition coefficient (Wildman–Crippen LogP) is 3.86. The van der Waals surface area contributed by atoms with Gasteiger partial charge in [-0.05, 0) is 49.9 Å². The maximum absolute atomic E-state index is 11.7. The van der Waals surface area contributed by atoms with Crippen LogP contribution in [0.5, 0.6) is 0 Å². The molecule has 0 spiro atoms. The summed E-state index contributed by atoms with van der Waals surface area (Å²) in [5.74, 6) is 0.415. The van der Waals surface area contributed by atoms with Crippen molar-refractivity contribution >= 4 is 17.5 Å². The molecule has 1 N–H and O–H groups in total. The molecule has 1 aromatic carbocycles. The summed E-state index contributed by atoms with van der Waals surface area (Å²) in [4.78, 5) is 18.5. The molecule has 0 amide bonds. The summed E-state index contributed by atoms with van der Waals surface area (Å²) in [7, 11) is 0. The molecule has 5 heteroatoms. The smallest absolute Gasteiger partial charge is 0.339 e. The molecule has 3 rings (SSSR count). The van der Waals surface area contributed by atoms with Crippen LogP contribution < -0.4 is 10.2 Å². The lowest BCUT2D eigenvalue weighted by atomic mass is 10.1. The van der Waals surface area contributed by atoms with Crippen LogP contribution in [0.2, 0.25) is 0 Å². The zero-order chi connectivity index (χ0) is 17.5. The molecular formula is C20H25N3O2. The second-order valence-corrected chi connectivity index (χ2v) is 6.18. The summed E-state index contributed by atoms with van der Waals surface area (Å²) in [6, 6.07) is 12.1. The number of hydrogen-bond donors (Lipinski definition) is 1. The van der Waals surface area contributed by atoms with Crippen LogP contribution in [0.25, 0.3) is 0 Å². The highest BCUT2D eigenvalue weighted by molar-refractivity contribution is 5.89. The number of carbonyl (C=O) groups excluding carboxylic acids is 1. The lowest BCUT2D eigenvalue weighted by Gasteiger charge is -2.30. The number of carbonyl (C=O) groups is 1. The van der Waals surface area contributed by atoms with Gasteiger partial charge in [0.1, 0.15) is 5.82 Å². The number of pyridine rings is 1. The topological polar surface area (TPSA) is 54.5 Å². The van der Waals surface area contributed by atoms with Gasteiger partial charge in [-0.1, -0.05) is 18.2 Å². The van der Waals surface area contributed by atoms with Gasteiger partial charge in [0, 0.05) is 31.5 Å². The first kappa shape index (κ1) is 17.3. The van der Waals surface area contributed by atoms with Gasteiger partial charge in [0.15, 0.2) is 0 Å². The van der Waals surface area contributed by atoms with Gasteiger partial charge >= 0.3 is 5.97 Å². The van der Waals surface area contributed by atoms with E-state index in [0.29, 0.717) is 18.7 Å². The number of benzene rings is 1. The molecule has 0 aliphatic carbocycles. The lowest BCUT2D eigenvalue weighted by Crippen LogP contribution is -2.30. The molecule has 5 nitrogen and oxygen atoms in total. The van der Waals surface area contributed by atoms with Gasteiger partial charge in [-0.15, -0.1) is 0 Å². The third-order valence-electron chi connectivity index (χ3n) is 4.42. The molecule has 0 unspecified atom stereocenters. The number of nitrogens with zero attached hydrogens (tertiary/aromatic N) is 2. The van der Waals surface area contributed by atoms with E-state index < -0.39 is 0 Å². The summed E-state index contributed by atoms with van der Waals surface area (Å²) < 4.78 is 4.98. The molecule has 2 aromatic rings. The number of rotatable bonds is 6. The first-order valence-corrected chi connectivity index (χ1v) is 8.98. The normalized spacial score (nSPS) is 14.2. The zero-order valence-corrected chi connectivity index (χ0v) is 14.7. The standard InChI is InChI=1S/C20H25N3O2/c1-2-25-20(24)17-10-11-19(22-15-17)21-14-16-8-4-5-9-18(16)23-12-6-3-7-13-23/h4-5,8-11,15H,2-3,6-7,12-14H2,1H3,(H,21,22). The van der Waals surface area contributed by atoms with Crippen LogP contribution in [0.3, 0.4) is 0 Å². The van der Waals surface area contributed by atoms with E-state index in [1.807, 2.05) is 6.07 Å². The SMILES string of the molecule is CCOC(=O)c1ccc(NCc2ccccc2N2CCCCC2)nc1.